The smallest absolute Gasteiger partial charge is 0.244 e. The van der Waals surface area contributed by atoms with E-state index in [2.05, 4.69) is 5.32 Å². The molecule has 0 aliphatic heterocycles. The Balaban J connectivity index is 1.92. The maximum absolute atomic E-state index is 12.0. The second kappa shape index (κ2) is 9.51. The molecule has 0 fully saturated rings. The van der Waals surface area contributed by atoms with Gasteiger partial charge in [-0.1, -0.05) is 18.2 Å². The molecule has 0 aliphatic rings. The van der Waals surface area contributed by atoms with Crippen LogP contribution in [0.2, 0.25) is 0 Å². The van der Waals surface area contributed by atoms with Gasteiger partial charge in [0.1, 0.15) is 0 Å². The summed E-state index contributed by atoms with van der Waals surface area (Å²) in [4.78, 5) is 14.1. The minimum absolute atomic E-state index is 0.144. The quantitative estimate of drug-likeness (QED) is 0.737. The number of carbonyl (C=O) groups is 1. The van der Waals surface area contributed by atoms with Crippen molar-refractivity contribution in [3.8, 4) is 11.5 Å². The van der Waals surface area contributed by atoms with Gasteiger partial charge < -0.3 is 19.7 Å². The Kier molecular flexibility index (Phi) is 7.09. The maximum atomic E-state index is 12.0. The second-order valence-electron chi connectivity index (χ2n) is 5.96. The molecule has 138 valence electrons. The van der Waals surface area contributed by atoms with E-state index in [4.69, 9.17) is 9.47 Å². The Hall–Kier alpha value is -2.95. The molecule has 0 unspecified atom stereocenters. The van der Waals surface area contributed by atoms with Crippen LogP contribution in [0.4, 0.5) is 5.69 Å². The molecule has 0 heterocycles. The number of nitrogens with zero attached hydrogens (tertiary/aromatic N) is 1. The van der Waals surface area contributed by atoms with Gasteiger partial charge in [0.15, 0.2) is 11.5 Å². The molecule has 5 heteroatoms. The van der Waals surface area contributed by atoms with Crippen molar-refractivity contribution < 1.29 is 14.3 Å². The van der Waals surface area contributed by atoms with E-state index in [1.807, 2.05) is 68.4 Å². The van der Waals surface area contributed by atoms with Crippen LogP contribution in [0.25, 0.3) is 6.08 Å². The summed E-state index contributed by atoms with van der Waals surface area (Å²) in [6, 6.07) is 13.7. The fourth-order valence-electron chi connectivity index (χ4n) is 2.39. The van der Waals surface area contributed by atoms with Crippen LogP contribution in [0.15, 0.2) is 48.5 Å². The van der Waals surface area contributed by atoms with Crippen LogP contribution in [-0.4, -0.2) is 33.7 Å². The first-order valence-corrected chi connectivity index (χ1v) is 8.56. The third-order valence-electron chi connectivity index (χ3n) is 3.83. The summed E-state index contributed by atoms with van der Waals surface area (Å²) in [5.74, 6) is 1.20. The van der Waals surface area contributed by atoms with Gasteiger partial charge in [0, 0.05) is 32.4 Å². The van der Waals surface area contributed by atoms with Crippen LogP contribution in [0.5, 0.6) is 11.5 Å². The topological polar surface area (TPSA) is 50.8 Å². The second-order valence-corrected chi connectivity index (χ2v) is 5.96. The molecule has 5 nitrogen and oxygen atoms in total. The van der Waals surface area contributed by atoms with Gasteiger partial charge in [-0.05, 0) is 48.4 Å². The minimum atomic E-state index is -0.144. The fraction of sp³-hybridized carbons (Fsp3) is 0.286. The summed E-state index contributed by atoms with van der Waals surface area (Å²) in [5, 5.41) is 2.88. The maximum Gasteiger partial charge on any atom is 0.244 e. The minimum Gasteiger partial charge on any atom is -0.493 e. The molecule has 0 aliphatic carbocycles. The van der Waals surface area contributed by atoms with Crippen molar-refractivity contribution in [2.75, 3.05) is 32.7 Å². The fourth-order valence-corrected chi connectivity index (χ4v) is 2.39. The van der Waals surface area contributed by atoms with Gasteiger partial charge in [-0.15, -0.1) is 0 Å². The molecular formula is C21H26N2O3. The summed E-state index contributed by atoms with van der Waals surface area (Å²) in [6.07, 6.45) is 3.27. The lowest BCUT2D eigenvalue weighted by molar-refractivity contribution is -0.116. The highest BCUT2D eigenvalue weighted by atomic mass is 16.5. The molecule has 0 aromatic heterocycles. The number of anilines is 1. The van der Waals surface area contributed by atoms with Crippen molar-refractivity contribution in [1.29, 1.82) is 0 Å². The molecule has 0 saturated heterocycles. The van der Waals surface area contributed by atoms with E-state index in [1.54, 1.807) is 13.2 Å². The van der Waals surface area contributed by atoms with Crippen molar-refractivity contribution in [2.24, 2.45) is 0 Å². The van der Waals surface area contributed by atoms with Crippen LogP contribution in [0.3, 0.4) is 0 Å². The Morgan fingerprint density at radius 1 is 1.12 bits per heavy atom. The van der Waals surface area contributed by atoms with Gasteiger partial charge in [0.05, 0.1) is 13.7 Å². The number of hydrogen-bond donors (Lipinski definition) is 1. The van der Waals surface area contributed by atoms with E-state index in [0.717, 1.165) is 16.8 Å². The average molecular weight is 354 g/mol. The number of benzene rings is 2. The van der Waals surface area contributed by atoms with Crippen LogP contribution in [0, 0.1) is 0 Å². The lowest BCUT2D eigenvalue weighted by atomic mass is 10.2. The Labute approximate surface area is 155 Å². The van der Waals surface area contributed by atoms with Crippen LogP contribution in [0.1, 0.15) is 18.1 Å². The zero-order chi connectivity index (χ0) is 18.9. The molecule has 0 radical (unpaired) electrons. The van der Waals surface area contributed by atoms with Crippen molar-refractivity contribution in [1.82, 2.24) is 5.32 Å². The predicted molar refractivity (Wildman–Crippen MR) is 106 cm³/mol. The molecule has 1 amide bonds. The molecule has 0 bridgehead atoms. The molecule has 0 atom stereocenters. The number of ether oxygens (including phenoxy) is 2. The number of carbonyl (C=O) groups excluding carboxylic acids is 1. The van der Waals surface area contributed by atoms with E-state index in [-0.39, 0.29) is 5.91 Å². The first-order valence-electron chi connectivity index (χ1n) is 8.56. The molecule has 26 heavy (non-hydrogen) atoms. The van der Waals surface area contributed by atoms with E-state index in [0.29, 0.717) is 24.7 Å². The summed E-state index contributed by atoms with van der Waals surface area (Å²) >= 11 is 0. The monoisotopic (exact) mass is 354 g/mol. The molecular weight excluding hydrogens is 328 g/mol. The van der Waals surface area contributed by atoms with Crippen molar-refractivity contribution >= 4 is 17.7 Å². The first kappa shape index (κ1) is 19.4. The lowest BCUT2D eigenvalue weighted by Gasteiger charge is -2.12. The van der Waals surface area contributed by atoms with Crippen LogP contribution < -0.4 is 19.7 Å². The van der Waals surface area contributed by atoms with E-state index < -0.39 is 0 Å². The molecule has 2 aromatic carbocycles. The highest BCUT2D eigenvalue weighted by molar-refractivity contribution is 5.91. The van der Waals surface area contributed by atoms with E-state index >= 15 is 0 Å². The SMILES string of the molecule is CCOc1ccc(/C=C/C(=O)NCc2ccc(N(C)C)cc2)cc1OC. The summed E-state index contributed by atoms with van der Waals surface area (Å²) in [5.41, 5.74) is 3.06. The van der Waals surface area contributed by atoms with Gasteiger partial charge >= 0.3 is 0 Å². The highest BCUT2D eigenvalue weighted by Gasteiger charge is 2.04. The largest absolute Gasteiger partial charge is 0.493 e. The number of rotatable bonds is 8. The van der Waals surface area contributed by atoms with Gasteiger partial charge in [-0.3, -0.25) is 4.79 Å². The van der Waals surface area contributed by atoms with Crippen LogP contribution in [-0.2, 0) is 11.3 Å². The zero-order valence-electron chi connectivity index (χ0n) is 15.8. The Morgan fingerprint density at radius 3 is 2.46 bits per heavy atom. The summed E-state index contributed by atoms with van der Waals surface area (Å²) < 4.78 is 10.8. The predicted octanol–water partition coefficient (Wildman–Crippen LogP) is 3.49. The number of hydrogen-bond acceptors (Lipinski definition) is 4. The van der Waals surface area contributed by atoms with E-state index in [9.17, 15) is 4.79 Å². The zero-order valence-corrected chi connectivity index (χ0v) is 15.8. The number of amides is 1. The Bertz CT molecular complexity index is 752. The van der Waals surface area contributed by atoms with Crippen molar-refractivity contribution in [3.63, 3.8) is 0 Å². The van der Waals surface area contributed by atoms with Gasteiger partial charge in [0.2, 0.25) is 5.91 Å². The van der Waals surface area contributed by atoms with Gasteiger partial charge in [-0.25, -0.2) is 0 Å². The highest BCUT2D eigenvalue weighted by Crippen LogP contribution is 2.28. The third-order valence-corrected chi connectivity index (χ3v) is 3.83. The number of methoxy groups -OCH3 is 1. The van der Waals surface area contributed by atoms with E-state index in [1.165, 1.54) is 6.08 Å². The average Bonchev–Trinajstić information content (AvgIpc) is 2.66. The normalized spacial score (nSPS) is 10.6. The standard InChI is InChI=1S/C21H26N2O3/c1-5-26-19-12-8-16(14-20(19)25-4)9-13-21(24)22-15-17-6-10-18(11-7-17)23(2)3/h6-14H,5,15H2,1-4H3,(H,22,24)/b13-9+. The molecule has 0 saturated carbocycles. The van der Waals surface area contributed by atoms with Crippen molar-refractivity contribution in [2.45, 2.75) is 13.5 Å². The van der Waals surface area contributed by atoms with Gasteiger partial charge in [0.25, 0.3) is 0 Å². The molecule has 2 rings (SSSR count). The lowest BCUT2D eigenvalue weighted by Crippen LogP contribution is -2.20. The Morgan fingerprint density at radius 2 is 1.85 bits per heavy atom. The molecule has 1 N–H and O–H groups in total. The third kappa shape index (κ3) is 5.55. The molecule has 2 aromatic rings. The number of nitrogens with one attached hydrogen (secondary N) is 1. The van der Waals surface area contributed by atoms with Crippen molar-refractivity contribution in [3.05, 3.63) is 59.7 Å². The van der Waals surface area contributed by atoms with Gasteiger partial charge in [-0.2, -0.15) is 0 Å². The van der Waals surface area contributed by atoms with Crippen LogP contribution >= 0.6 is 0 Å². The molecule has 0 spiro atoms. The first-order chi connectivity index (χ1) is 12.5. The summed E-state index contributed by atoms with van der Waals surface area (Å²) in [7, 11) is 5.59. The summed E-state index contributed by atoms with van der Waals surface area (Å²) in [6.45, 7) is 2.98.